The van der Waals surface area contributed by atoms with E-state index >= 15 is 0 Å². The van der Waals surface area contributed by atoms with Crippen molar-refractivity contribution in [3.8, 4) is 11.5 Å². The Balaban J connectivity index is 1.54. The minimum atomic E-state index is -0.595. The number of hydrogen-bond donors (Lipinski definition) is 0. The largest absolute Gasteiger partial charge is 0.452 e. The van der Waals surface area contributed by atoms with Crippen molar-refractivity contribution in [1.29, 1.82) is 0 Å². The third-order valence-electron chi connectivity index (χ3n) is 3.34. The van der Waals surface area contributed by atoms with E-state index in [9.17, 15) is 14.9 Å². The average Bonchev–Trinajstić information content (AvgIpc) is 3.15. The molecule has 8 heteroatoms. The van der Waals surface area contributed by atoms with Crippen molar-refractivity contribution in [1.82, 2.24) is 10.2 Å². The predicted molar refractivity (Wildman–Crippen MR) is 91.7 cm³/mol. The second kappa shape index (κ2) is 7.84. The van der Waals surface area contributed by atoms with Crippen LogP contribution in [0.4, 0.5) is 5.69 Å². The molecule has 0 spiro atoms. The Morgan fingerprint density at radius 3 is 2.54 bits per heavy atom. The molecule has 3 aromatic rings. The van der Waals surface area contributed by atoms with Gasteiger partial charge in [-0.15, -0.1) is 10.2 Å². The molecule has 0 saturated heterocycles. The fraction of sp³-hybridized carbons (Fsp3) is 0.0556. The standard InChI is InChI=1S/C18H13N3O5/c22-17(11-8-13-6-9-15(10-7-13)21(23)24)25-12-16-19-20-18(26-16)14-4-2-1-3-5-14/h1-11H,12H2. The van der Waals surface area contributed by atoms with Crippen LogP contribution in [-0.2, 0) is 16.1 Å². The van der Waals surface area contributed by atoms with Crippen LogP contribution in [0.15, 0.2) is 65.1 Å². The van der Waals surface area contributed by atoms with Gasteiger partial charge in [-0.05, 0) is 35.9 Å². The summed E-state index contributed by atoms with van der Waals surface area (Å²) in [5.41, 5.74) is 1.39. The zero-order chi connectivity index (χ0) is 18.4. The Labute approximate surface area is 147 Å². The Bertz CT molecular complexity index is 933. The molecular weight excluding hydrogens is 338 g/mol. The van der Waals surface area contributed by atoms with Gasteiger partial charge in [-0.3, -0.25) is 10.1 Å². The maximum atomic E-state index is 11.7. The number of hydrogen-bond acceptors (Lipinski definition) is 7. The highest BCUT2D eigenvalue weighted by atomic mass is 16.6. The summed E-state index contributed by atoms with van der Waals surface area (Å²) in [6.07, 6.45) is 2.71. The van der Waals surface area contributed by atoms with Crippen LogP contribution < -0.4 is 0 Å². The SMILES string of the molecule is O=C(C=Cc1ccc([N+](=O)[O-])cc1)OCc1nnc(-c2ccccc2)o1. The third kappa shape index (κ3) is 4.38. The van der Waals surface area contributed by atoms with E-state index in [0.717, 1.165) is 5.56 Å². The maximum absolute atomic E-state index is 11.7. The quantitative estimate of drug-likeness (QED) is 0.290. The van der Waals surface area contributed by atoms with E-state index < -0.39 is 10.9 Å². The summed E-state index contributed by atoms with van der Waals surface area (Å²) in [6.45, 7) is -0.150. The van der Waals surface area contributed by atoms with E-state index in [0.29, 0.717) is 11.5 Å². The summed E-state index contributed by atoms with van der Waals surface area (Å²) >= 11 is 0. The summed E-state index contributed by atoms with van der Waals surface area (Å²) in [5.74, 6) is -0.0678. The predicted octanol–water partition coefficient (Wildman–Crippen LogP) is 3.40. The highest BCUT2D eigenvalue weighted by Crippen LogP contribution is 2.17. The lowest BCUT2D eigenvalue weighted by Gasteiger charge is -1.97. The lowest BCUT2D eigenvalue weighted by Crippen LogP contribution is -2.00. The summed E-state index contributed by atoms with van der Waals surface area (Å²) in [6, 6.07) is 15.0. The number of aromatic nitrogens is 2. The third-order valence-corrected chi connectivity index (χ3v) is 3.34. The summed E-state index contributed by atoms with van der Waals surface area (Å²) < 4.78 is 10.5. The first kappa shape index (κ1) is 17.0. The molecule has 0 saturated carbocycles. The second-order valence-electron chi connectivity index (χ2n) is 5.16. The van der Waals surface area contributed by atoms with Gasteiger partial charge in [-0.25, -0.2) is 4.79 Å². The number of nitrogens with zero attached hydrogens (tertiary/aromatic N) is 3. The van der Waals surface area contributed by atoms with E-state index in [1.807, 2.05) is 30.3 Å². The van der Waals surface area contributed by atoms with E-state index in [1.165, 1.54) is 36.4 Å². The van der Waals surface area contributed by atoms with Crippen LogP contribution in [0.2, 0.25) is 0 Å². The van der Waals surface area contributed by atoms with Crippen molar-refractivity contribution in [2.24, 2.45) is 0 Å². The van der Waals surface area contributed by atoms with Crippen LogP contribution in [0, 0.1) is 10.1 Å². The van der Waals surface area contributed by atoms with Gasteiger partial charge in [0.1, 0.15) is 0 Å². The van der Waals surface area contributed by atoms with Gasteiger partial charge in [0.15, 0.2) is 6.61 Å². The number of esters is 1. The molecule has 0 bridgehead atoms. The van der Waals surface area contributed by atoms with Gasteiger partial charge < -0.3 is 9.15 Å². The number of nitro benzene ring substituents is 1. The van der Waals surface area contributed by atoms with Crippen molar-refractivity contribution in [3.63, 3.8) is 0 Å². The first-order valence-electron chi connectivity index (χ1n) is 7.59. The van der Waals surface area contributed by atoms with Gasteiger partial charge in [0, 0.05) is 23.8 Å². The van der Waals surface area contributed by atoms with Gasteiger partial charge >= 0.3 is 5.97 Å². The Morgan fingerprint density at radius 1 is 1.12 bits per heavy atom. The number of carbonyl (C=O) groups excluding carboxylic acids is 1. The average molecular weight is 351 g/mol. The van der Waals surface area contributed by atoms with E-state index in [4.69, 9.17) is 9.15 Å². The lowest BCUT2D eigenvalue weighted by molar-refractivity contribution is -0.384. The monoisotopic (exact) mass is 351 g/mol. The summed E-state index contributed by atoms with van der Waals surface area (Å²) in [4.78, 5) is 21.8. The van der Waals surface area contributed by atoms with E-state index in [2.05, 4.69) is 10.2 Å². The number of nitro groups is 1. The number of benzene rings is 2. The van der Waals surface area contributed by atoms with E-state index in [-0.39, 0.29) is 18.2 Å². The Hall–Kier alpha value is -3.81. The van der Waals surface area contributed by atoms with Crippen molar-refractivity contribution < 1.29 is 18.9 Å². The van der Waals surface area contributed by atoms with Crippen LogP contribution in [0.25, 0.3) is 17.5 Å². The Morgan fingerprint density at radius 2 is 1.85 bits per heavy atom. The Kier molecular flexibility index (Phi) is 5.14. The molecule has 0 unspecified atom stereocenters. The molecule has 2 aromatic carbocycles. The normalized spacial score (nSPS) is 10.8. The topological polar surface area (TPSA) is 108 Å². The fourth-order valence-electron chi connectivity index (χ4n) is 2.06. The molecule has 0 aliphatic rings. The molecule has 1 aromatic heterocycles. The number of ether oxygens (including phenoxy) is 1. The van der Waals surface area contributed by atoms with Gasteiger partial charge in [-0.1, -0.05) is 18.2 Å². The number of non-ortho nitro benzene ring substituents is 1. The molecule has 1 heterocycles. The highest BCUT2D eigenvalue weighted by molar-refractivity contribution is 5.87. The molecule has 26 heavy (non-hydrogen) atoms. The van der Waals surface area contributed by atoms with Crippen LogP contribution in [0.5, 0.6) is 0 Å². The molecular formula is C18H13N3O5. The van der Waals surface area contributed by atoms with Crippen molar-refractivity contribution in [2.45, 2.75) is 6.61 Å². The maximum Gasteiger partial charge on any atom is 0.331 e. The van der Waals surface area contributed by atoms with Crippen molar-refractivity contribution in [3.05, 3.63) is 82.2 Å². The molecule has 0 radical (unpaired) electrons. The zero-order valence-electron chi connectivity index (χ0n) is 13.4. The van der Waals surface area contributed by atoms with Crippen LogP contribution in [0.3, 0.4) is 0 Å². The molecule has 0 aliphatic heterocycles. The summed E-state index contributed by atoms with van der Waals surface area (Å²) in [5, 5.41) is 18.3. The van der Waals surface area contributed by atoms with Gasteiger partial charge in [0.25, 0.3) is 11.6 Å². The van der Waals surface area contributed by atoms with Crippen LogP contribution in [-0.4, -0.2) is 21.1 Å². The minimum absolute atomic E-state index is 0.0182. The molecule has 0 amide bonds. The van der Waals surface area contributed by atoms with Crippen molar-refractivity contribution in [2.75, 3.05) is 0 Å². The van der Waals surface area contributed by atoms with Crippen LogP contribution >= 0.6 is 0 Å². The van der Waals surface area contributed by atoms with Gasteiger partial charge in [0.05, 0.1) is 4.92 Å². The van der Waals surface area contributed by atoms with Gasteiger partial charge in [0.2, 0.25) is 5.89 Å². The molecule has 130 valence electrons. The number of rotatable bonds is 6. The van der Waals surface area contributed by atoms with Crippen molar-refractivity contribution >= 4 is 17.7 Å². The fourth-order valence-corrected chi connectivity index (χ4v) is 2.06. The van der Waals surface area contributed by atoms with E-state index in [1.54, 1.807) is 0 Å². The highest BCUT2D eigenvalue weighted by Gasteiger charge is 2.09. The molecule has 0 N–H and O–H groups in total. The molecule has 8 nitrogen and oxygen atoms in total. The first-order valence-corrected chi connectivity index (χ1v) is 7.59. The second-order valence-corrected chi connectivity index (χ2v) is 5.16. The lowest BCUT2D eigenvalue weighted by atomic mass is 10.2. The number of carbonyl (C=O) groups is 1. The molecule has 0 fully saturated rings. The van der Waals surface area contributed by atoms with Gasteiger partial charge in [-0.2, -0.15) is 0 Å². The zero-order valence-corrected chi connectivity index (χ0v) is 13.4. The molecule has 0 atom stereocenters. The first-order chi connectivity index (χ1) is 12.6. The molecule has 0 aliphatic carbocycles. The summed E-state index contributed by atoms with van der Waals surface area (Å²) in [7, 11) is 0. The smallest absolute Gasteiger partial charge is 0.331 e. The van der Waals surface area contributed by atoms with Crippen LogP contribution in [0.1, 0.15) is 11.5 Å². The minimum Gasteiger partial charge on any atom is -0.452 e. The molecule has 3 rings (SSSR count).